The van der Waals surface area contributed by atoms with Crippen LogP contribution in [-0.4, -0.2) is 15.9 Å². The molecule has 0 radical (unpaired) electrons. The van der Waals surface area contributed by atoms with Gasteiger partial charge in [-0.05, 0) is 42.8 Å². The number of aromatic nitrogens is 2. The van der Waals surface area contributed by atoms with Gasteiger partial charge in [0.15, 0.2) is 16.8 Å². The highest BCUT2D eigenvalue weighted by atomic mass is 35.5. The highest BCUT2D eigenvalue weighted by Gasteiger charge is 2.23. The Hall–Kier alpha value is -3.48. The molecule has 0 saturated carbocycles. The first-order valence-corrected chi connectivity index (χ1v) is 11.7. The van der Waals surface area contributed by atoms with Gasteiger partial charge in [-0.25, -0.2) is 9.97 Å². The zero-order chi connectivity index (χ0) is 22.8. The second-order valence-corrected chi connectivity index (χ2v) is 8.99. The Bertz CT molecular complexity index is 1410. The molecule has 1 amide bonds. The lowest BCUT2D eigenvalue weighted by molar-refractivity contribution is -0.117. The number of nitrogens with zero attached hydrogens (tertiary/aromatic N) is 3. The number of rotatable bonds is 6. The van der Waals surface area contributed by atoms with Crippen molar-refractivity contribution in [3.8, 4) is 11.3 Å². The van der Waals surface area contributed by atoms with Crippen LogP contribution in [0, 0.1) is 6.92 Å². The molecule has 0 aliphatic heterocycles. The predicted molar refractivity (Wildman–Crippen MR) is 133 cm³/mol. The molecule has 33 heavy (non-hydrogen) atoms. The number of para-hydroxylation sites is 2. The van der Waals surface area contributed by atoms with Crippen LogP contribution in [0.3, 0.4) is 0 Å². The highest BCUT2D eigenvalue weighted by molar-refractivity contribution is 7.22. The molecule has 0 saturated heterocycles. The van der Waals surface area contributed by atoms with Gasteiger partial charge in [0.2, 0.25) is 5.91 Å². The number of thiazole rings is 1. The van der Waals surface area contributed by atoms with Crippen molar-refractivity contribution in [2.45, 2.75) is 19.8 Å². The Morgan fingerprint density at radius 1 is 1.03 bits per heavy atom. The van der Waals surface area contributed by atoms with Crippen molar-refractivity contribution in [1.82, 2.24) is 9.97 Å². The average Bonchev–Trinajstić information content (AvgIpc) is 3.46. The molecule has 5 aromatic rings. The first kappa shape index (κ1) is 21.4. The van der Waals surface area contributed by atoms with Crippen LogP contribution in [0.25, 0.3) is 21.5 Å². The van der Waals surface area contributed by atoms with Crippen molar-refractivity contribution in [3.05, 3.63) is 95.5 Å². The molecule has 3 aromatic carbocycles. The van der Waals surface area contributed by atoms with Crippen LogP contribution in [0.2, 0.25) is 5.02 Å². The number of amides is 1. The van der Waals surface area contributed by atoms with E-state index in [1.54, 1.807) is 17.2 Å². The monoisotopic (exact) mass is 473 g/mol. The van der Waals surface area contributed by atoms with E-state index < -0.39 is 0 Å². The second-order valence-electron chi connectivity index (χ2n) is 7.58. The summed E-state index contributed by atoms with van der Waals surface area (Å²) in [7, 11) is 0. The number of hydrogen-bond donors (Lipinski definition) is 0. The molecular formula is C26H20ClN3O2S. The van der Waals surface area contributed by atoms with E-state index in [1.165, 1.54) is 11.3 Å². The lowest BCUT2D eigenvalue weighted by atomic mass is 10.1. The molecule has 0 fully saturated rings. The first-order chi connectivity index (χ1) is 16.1. The van der Waals surface area contributed by atoms with Crippen molar-refractivity contribution in [2.75, 3.05) is 4.90 Å². The average molecular weight is 474 g/mol. The summed E-state index contributed by atoms with van der Waals surface area (Å²) < 4.78 is 6.92. The van der Waals surface area contributed by atoms with E-state index >= 15 is 0 Å². The molecule has 0 aliphatic rings. The summed E-state index contributed by atoms with van der Waals surface area (Å²) in [6, 6.07) is 23.2. The minimum atomic E-state index is -0.0687. The Morgan fingerprint density at radius 3 is 2.61 bits per heavy atom. The van der Waals surface area contributed by atoms with Crippen LogP contribution >= 0.6 is 22.9 Å². The summed E-state index contributed by atoms with van der Waals surface area (Å²) in [5, 5.41) is 1.25. The third kappa shape index (κ3) is 4.40. The fourth-order valence-electron chi connectivity index (χ4n) is 3.65. The molecule has 0 unspecified atom stereocenters. The topological polar surface area (TPSA) is 59.2 Å². The summed E-state index contributed by atoms with van der Waals surface area (Å²) in [5.41, 5.74) is 3.48. The van der Waals surface area contributed by atoms with E-state index in [4.69, 9.17) is 21.0 Å². The molecule has 0 N–H and O–H groups in total. The molecule has 0 spiro atoms. The number of anilines is 2. The molecule has 0 aliphatic carbocycles. The molecule has 0 atom stereocenters. The van der Waals surface area contributed by atoms with Gasteiger partial charge in [-0.15, -0.1) is 0 Å². The maximum Gasteiger partial charge on any atom is 0.233 e. The van der Waals surface area contributed by atoms with Crippen LogP contribution < -0.4 is 4.90 Å². The molecule has 5 nitrogen and oxygen atoms in total. The summed E-state index contributed by atoms with van der Waals surface area (Å²) in [4.78, 5) is 24.3. The molecule has 2 aromatic heterocycles. The summed E-state index contributed by atoms with van der Waals surface area (Å²) in [6.07, 6.45) is 2.25. The van der Waals surface area contributed by atoms with Gasteiger partial charge in [-0.1, -0.05) is 65.4 Å². The quantitative estimate of drug-likeness (QED) is 0.261. The molecule has 5 rings (SSSR count). The zero-order valence-electron chi connectivity index (χ0n) is 17.9. The van der Waals surface area contributed by atoms with Gasteiger partial charge in [-0.3, -0.25) is 9.69 Å². The number of hydrogen-bond acceptors (Lipinski definition) is 5. The van der Waals surface area contributed by atoms with E-state index in [0.29, 0.717) is 28.2 Å². The lowest BCUT2D eigenvalue weighted by Crippen LogP contribution is -2.26. The van der Waals surface area contributed by atoms with Crippen LogP contribution in [0.15, 0.2) is 83.4 Å². The predicted octanol–water partition coefficient (Wildman–Crippen LogP) is 7.21. The Labute approximate surface area is 200 Å². The van der Waals surface area contributed by atoms with Gasteiger partial charge in [0.05, 0.1) is 27.1 Å². The number of halogens is 1. The van der Waals surface area contributed by atoms with Gasteiger partial charge in [0, 0.05) is 18.4 Å². The number of benzene rings is 3. The summed E-state index contributed by atoms with van der Waals surface area (Å²) in [6.45, 7) is 1.99. The minimum Gasteiger partial charge on any atom is -0.441 e. The van der Waals surface area contributed by atoms with Crippen molar-refractivity contribution in [3.63, 3.8) is 0 Å². The minimum absolute atomic E-state index is 0.0687. The normalized spacial score (nSPS) is 11.1. The number of carbonyl (C=O) groups excluding carboxylic acids is 1. The second kappa shape index (κ2) is 9.17. The fourth-order valence-corrected chi connectivity index (χ4v) is 4.88. The Kier molecular flexibility index (Phi) is 5.94. The van der Waals surface area contributed by atoms with Gasteiger partial charge in [0.1, 0.15) is 0 Å². The summed E-state index contributed by atoms with van der Waals surface area (Å²) in [5.74, 6) is 1.01. The third-order valence-electron chi connectivity index (χ3n) is 5.33. The highest BCUT2D eigenvalue weighted by Crippen LogP contribution is 2.35. The number of carbonyl (C=O) groups is 1. The van der Waals surface area contributed by atoms with Crippen LogP contribution in [0.1, 0.15) is 17.9 Å². The maximum atomic E-state index is 13.5. The fraction of sp³-hybridized carbons (Fsp3) is 0.115. The number of aryl methyl sites for hydroxylation is 2. The Balaban J connectivity index is 1.41. The number of fused-ring (bicyclic) bond motifs is 1. The van der Waals surface area contributed by atoms with Gasteiger partial charge >= 0.3 is 0 Å². The van der Waals surface area contributed by atoms with Crippen molar-refractivity contribution in [1.29, 1.82) is 0 Å². The first-order valence-electron chi connectivity index (χ1n) is 10.5. The molecule has 7 heteroatoms. The van der Waals surface area contributed by atoms with Crippen molar-refractivity contribution >= 4 is 49.9 Å². The van der Waals surface area contributed by atoms with E-state index in [2.05, 4.69) is 4.98 Å². The van der Waals surface area contributed by atoms with Crippen LogP contribution in [-0.2, 0) is 11.2 Å². The smallest absolute Gasteiger partial charge is 0.233 e. The van der Waals surface area contributed by atoms with Crippen LogP contribution in [0.4, 0.5) is 10.8 Å². The SMILES string of the molecule is Cc1ccccc1N(C(=O)CCc1ncc(-c2ccccc2Cl)o1)c1nc2ccccc2s1. The molecular weight excluding hydrogens is 454 g/mol. The van der Waals surface area contributed by atoms with E-state index in [1.807, 2.05) is 73.7 Å². The molecule has 2 heterocycles. The van der Waals surface area contributed by atoms with E-state index in [9.17, 15) is 4.79 Å². The maximum absolute atomic E-state index is 13.5. The van der Waals surface area contributed by atoms with E-state index in [-0.39, 0.29) is 12.3 Å². The van der Waals surface area contributed by atoms with Crippen molar-refractivity contribution in [2.24, 2.45) is 0 Å². The van der Waals surface area contributed by atoms with Crippen molar-refractivity contribution < 1.29 is 9.21 Å². The van der Waals surface area contributed by atoms with Gasteiger partial charge in [-0.2, -0.15) is 0 Å². The molecule has 0 bridgehead atoms. The number of oxazole rings is 1. The Morgan fingerprint density at radius 2 is 1.79 bits per heavy atom. The van der Waals surface area contributed by atoms with Gasteiger partial charge in [0.25, 0.3) is 0 Å². The van der Waals surface area contributed by atoms with Gasteiger partial charge < -0.3 is 4.42 Å². The van der Waals surface area contributed by atoms with E-state index in [0.717, 1.165) is 27.0 Å². The summed E-state index contributed by atoms with van der Waals surface area (Å²) >= 11 is 7.77. The van der Waals surface area contributed by atoms with Crippen LogP contribution in [0.5, 0.6) is 0 Å². The largest absolute Gasteiger partial charge is 0.441 e. The molecule has 164 valence electrons. The standard InChI is InChI=1S/C26H20ClN3O2S/c1-17-8-2-6-12-21(17)30(26-29-20-11-5-7-13-23(20)33-26)25(31)15-14-24-28-16-22(32-24)18-9-3-4-10-19(18)27/h2-13,16H,14-15H2,1H3. The zero-order valence-corrected chi connectivity index (χ0v) is 19.4. The lowest BCUT2D eigenvalue weighted by Gasteiger charge is -2.21. The third-order valence-corrected chi connectivity index (χ3v) is 6.68.